The molecule has 1 aromatic heterocycles. The van der Waals surface area contributed by atoms with Crippen molar-refractivity contribution in [3.8, 4) is 0 Å². The van der Waals surface area contributed by atoms with Crippen molar-refractivity contribution in [2.75, 3.05) is 14.1 Å². The molecule has 10 heteroatoms. The van der Waals surface area contributed by atoms with Crippen LogP contribution in [0.3, 0.4) is 0 Å². The average Bonchev–Trinajstić information content (AvgIpc) is 2.64. The maximum absolute atomic E-state index is 12.9. The molecule has 1 N–H and O–H groups in total. The van der Waals surface area contributed by atoms with Crippen LogP contribution in [-0.4, -0.2) is 35.4 Å². The van der Waals surface area contributed by atoms with Crippen LogP contribution >= 0.6 is 11.6 Å². The number of amides is 2. The molecule has 0 bridgehead atoms. The van der Waals surface area contributed by atoms with Crippen molar-refractivity contribution < 1.29 is 22.8 Å². The van der Waals surface area contributed by atoms with Crippen molar-refractivity contribution in [1.29, 1.82) is 0 Å². The van der Waals surface area contributed by atoms with Crippen LogP contribution in [0.5, 0.6) is 0 Å². The summed E-state index contributed by atoms with van der Waals surface area (Å²) in [5.41, 5.74) is -0.841. The van der Waals surface area contributed by atoms with E-state index in [-0.39, 0.29) is 12.5 Å². The molecule has 0 radical (unpaired) electrons. The van der Waals surface area contributed by atoms with Gasteiger partial charge >= 0.3 is 6.18 Å². The molecule has 2 amide bonds. The molecule has 0 saturated carbocycles. The molecule has 2 rings (SSSR count). The van der Waals surface area contributed by atoms with Crippen molar-refractivity contribution in [2.24, 2.45) is 0 Å². The van der Waals surface area contributed by atoms with Gasteiger partial charge in [-0.25, -0.2) is 0 Å². The van der Waals surface area contributed by atoms with E-state index in [9.17, 15) is 27.6 Å². The van der Waals surface area contributed by atoms with Gasteiger partial charge in [0.15, 0.2) is 0 Å². The molecule has 1 aromatic carbocycles. The first-order valence-corrected chi connectivity index (χ1v) is 8.43. The summed E-state index contributed by atoms with van der Waals surface area (Å²) in [6.07, 6.45) is -4.13. The highest BCUT2D eigenvalue weighted by atomic mass is 35.5. The van der Waals surface area contributed by atoms with Crippen LogP contribution in [0, 0.1) is 0 Å². The molecule has 0 aliphatic carbocycles. The lowest BCUT2D eigenvalue weighted by Gasteiger charge is -2.19. The number of halogens is 4. The fourth-order valence-corrected chi connectivity index (χ4v) is 2.63. The molecule has 0 atom stereocenters. The van der Waals surface area contributed by atoms with Gasteiger partial charge in [0.1, 0.15) is 11.6 Å². The summed E-state index contributed by atoms with van der Waals surface area (Å²) in [5, 5.41) is 1.87. The predicted octanol–water partition coefficient (Wildman–Crippen LogP) is 2.54. The van der Waals surface area contributed by atoms with Crippen LogP contribution in [0.4, 0.5) is 13.2 Å². The highest BCUT2D eigenvalue weighted by Crippen LogP contribution is 2.29. The first kappa shape index (κ1) is 21.5. The second-order valence-corrected chi connectivity index (χ2v) is 6.44. The highest BCUT2D eigenvalue weighted by Gasteiger charge is 2.32. The Kier molecular flexibility index (Phi) is 6.50. The van der Waals surface area contributed by atoms with Crippen LogP contribution < -0.4 is 10.9 Å². The lowest BCUT2D eigenvalue weighted by atomic mass is 10.1. The van der Waals surface area contributed by atoms with Crippen molar-refractivity contribution in [3.05, 3.63) is 68.6 Å². The summed E-state index contributed by atoms with van der Waals surface area (Å²) in [6.45, 7) is -0.441. The number of benzene rings is 1. The molecule has 0 unspecified atom stereocenters. The minimum atomic E-state index is -4.69. The third kappa shape index (κ3) is 5.13. The van der Waals surface area contributed by atoms with E-state index >= 15 is 0 Å². The molecule has 2 aromatic rings. The molecule has 6 nitrogen and oxygen atoms in total. The van der Waals surface area contributed by atoms with E-state index in [2.05, 4.69) is 5.32 Å². The van der Waals surface area contributed by atoms with Gasteiger partial charge in [-0.05, 0) is 23.8 Å². The summed E-state index contributed by atoms with van der Waals surface area (Å²) >= 11 is 5.58. The number of hydrogen-bond acceptors (Lipinski definition) is 3. The van der Waals surface area contributed by atoms with Gasteiger partial charge in [0.2, 0.25) is 5.91 Å². The topological polar surface area (TPSA) is 71.4 Å². The fourth-order valence-electron chi connectivity index (χ4n) is 2.41. The third-order valence-corrected chi connectivity index (χ3v) is 4.23. The Labute approximate surface area is 163 Å². The number of carbonyl (C=O) groups is 2. The Hall–Kier alpha value is -2.81. The Bertz CT molecular complexity index is 940. The Morgan fingerprint density at radius 3 is 2.36 bits per heavy atom. The first-order chi connectivity index (χ1) is 13.0. The third-order valence-electron chi connectivity index (χ3n) is 3.96. The molecule has 0 spiro atoms. The van der Waals surface area contributed by atoms with Crippen LogP contribution in [0.1, 0.15) is 21.5 Å². The summed E-state index contributed by atoms with van der Waals surface area (Å²) in [4.78, 5) is 37.1. The van der Waals surface area contributed by atoms with Gasteiger partial charge in [0, 0.05) is 32.4 Å². The minimum Gasteiger partial charge on any atom is -0.355 e. The fraction of sp³-hybridized carbons (Fsp3) is 0.278. The van der Waals surface area contributed by atoms with Crippen LogP contribution in [-0.2, 0) is 24.1 Å². The van der Waals surface area contributed by atoms with Crippen molar-refractivity contribution in [1.82, 2.24) is 14.8 Å². The number of likely N-dealkylation sites (N-methyl/N-ethyl adjacent to an activating group) is 1. The average molecular weight is 416 g/mol. The molecule has 0 aliphatic heterocycles. The second-order valence-electron chi connectivity index (χ2n) is 6.03. The predicted molar refractivity (Wildman–Crippen MR) is 97.0 cm³/mol. The molecule has 150 valence electrons. The largest absolute Gasteiger partial charge is 0.417 e. The van der Waals surface area contributed by atoms with E-state index in [1.807, 2.05) is 0 Å². The molecule has 28 heavy (non-hydrogen) atoms. The lowest BCUT2D eigenvalue weighted by molar-refractivity contribution is -0.138. The van der Waals surface area contributed by atoms with Crippen molar-refractivity contribution in [3.63, 3.8) is 0 Å². The van der Waals surface area contributed by atoms with Crippen LogP contribution in [0.15, 0.2) is 41.3 Å². The molecule has 1 heterocycles. The molecule has 0 saturated heterocycles. The zero-order valence-corrected chi connectivity index (χ0v) is 15.8. The molecule has 0 aliphatic rings. The number of pyridine rings is 1. The number of carbonyl (C=O) groups excluding carboxylic acids is 2. The van der Waals surface area contributed by atoms with Gasteiger partial charge in [0.05, 0.1) is 5.56 Å². The normalized spacial score (nSPS) is 11.2. The van der Waals surface area contributed by atoms with Crippen molar-refractivity contribution in [2.45, 2.75) is 19.3 Å². The quantitative estimate of drug-likeness (QED) is 0.815. The van der Waals surface area contributed by atoms with Crippen LogP contribution in [0.25, 0.3) is 0 Å². The van der Waals surface area contributed by atoms with Gasteiger partial charge in [-0.2, -0.15) is 13.2 Å². The summed E-state index contributed by atoms with van der Waals surface area (Å²) in [6, 6.07) is 7.01. The Morgan fingerprint density at radius 2 is 1.82 bits per heavy atom. The molecular weight excluding hydrogens is 399 g/mol. The number of nitrogens with one attached hydrogen (secondary N) is 1. The van der Waals surface area contributed by atoms with E-state index in [4.69, 9.17) is 11.6 Å². The van der Waals surface area contributed by atoms with Gasteiger partial charge in [-0.1, -0.05) is 23.7 Å². The molecular formula is C18H17ClF3N3O3. The minimum absolute atomic E-state index is 0.147. The monoisotopic (exact) mass is 415 g/mol. The highest BCUT2D eigenvalue weighted by molar-refractivity contribution is 6.30. The zero-order valence-electron chi connectivity index (χ0n) is 15.0. The van der Waals surface area contributed by atoms with Crippen molar-refractivity contribution >= 4 is 23.4 Å². The van der Waals surface area contributed by atoms with Gasteiger partial charge in [-0.15, -0.1) is 0 Å². The SMILES string of the molecule is CNC(=O)c1ccc(CN(C)C(=O)Cn2cc(C(F)(F)F)cc(Cl)c2=O)cc1. The standard InChI is InChI=1S/C18H17ClF3N3O3/c1-23-16(27)12-5-3-11(4-6-12)8-24(2)15(26)10-25-9-13(18(20,21)22)7-14(19)17(25)28/h3-7,9H,8,10H2,1-2H3,(H,23,27). The summed E-state index contributed by atoms with van der Waals surface area (Å²) in [7, 11) is 2.96. The number of rotatable bonds is 5. The second kappa shape index (κ2) is 8.47. The Balaban J connectivity index is 2.13. The van der Waals surface area contributed by atoms with E-state index in [0.29, 0.717) is 28.0 Å². The van der Waals surface area contributed by atoms with E-state index < -0.39 is 34.8 Å². The maximum atomic E-state index is 12.9. The molecule has 0 fully saturated rings. The maximum Gasteiger partial charge on any atom is 0.417 e. The van der Waals surface area contributed by atoms with Crippen LogP contribution in [0.2, 0.25) is 5.02 Å². The number of alkyl halides is 3. The van der Waals surface area contributed by atoms with E-state index in [1.165, 1.54) is 19.0 Å². The zero-order chi connectivity index (χ0) is 21.1. The van der Waals surface area contributed by atoms with Gasteiger partial charge in [0.25, 0.3) is 11.5 Å². The van der Waals surface area contributed by atoms with Gasteiger partial charge < -0.3 is 14.8 Å². The Morgan fingerprint density at radius 1 is 1.21 bits per heavy atom. The summed E-state index contributed by atoms with van der Waals surface area (Å²) < 4.78 is 39.3. The summed E-state index contributed by atoms with van der Waals surface area (Å²) in [5.74, 6) is -0.829. The first-order valence-electron chi connectivity index (χ1n) is 8.05. The number of aromatic nitrogens is 1. The number of nitrogens with zero attached hydrogens (tertiary/aromatic N) is 2. The van der Waals surface area contributed by atoms with E-state index in [1.54, 1.807) is 24.3 Å². The lowest BCUT2D eigenvalue weighted by Crippen LogP contribution is -2.34. The smallest absolute Gasteiger partial charge is 0.355 e. The van der Waals surface area contributed by atoms with Gasteiger partial charge in [-0.3, -0.25) is 14.4 Å². The number of hydrogen-bond donors (Lipinski definition) is 1. The van der Waals surface area contributed by atoms with E-state index in [0.717, 1.165) is 0 Å².